The van der Waals surface area contributed by atoms with Crippen molar-refractivity contribution in [3.63, 3.8) is 0 Å². The van der Waals surface area contributed by atoms with Crippen molar-refractivity contribution in [3.8, 4) is 0 Å². The SMILES string of the molecule is O=C(c1ccccc1)N(Cl)c1ccc(F)[c-]c1F.O=C(c1ccccc1)N(Cl)c1ccc(F)[c-]c1F.[C-]1=CC=CC1.[C-]1=CC=CC1.[Ti+4]. The van der Waals surface area contributed by atoms with Crippen LogP contribution in [0.3, 0.4) is 0 Å². The zero-order valence-corrected chi connectivity index (χ0v) is 27.5. The maximum atomic E-state index is 13.4. The van der Waals surface area contributed by atoms with E-state index in [1.54, 1.807) is 60.7 Å². The molecular formula is C36H24Cl2F4N2O2Ti. The number of hydrogen-bond acceptors (Lipinski definition) is 2. The molecule has 0 saturated heterocycles. The van der Waals surface area contributed by atoms with Gasteiger partial charge in [0.2, 0.25) is 0 Å². The van der Waals surface area contributed by atoms with Crippen LogP contribution in [0.25, 0.3) is 0 Å². The minimum atomic E-state index is -1.02. The molecule has 0 radical (unpaired) electrons. The molecule has 0 atom stereocenters. The summed E-state index contributed by atoms with van der Waals surface area (Å²) in [6.45, 7) is 0. The molecule has 47 heavy (non-hydrogen) atoms. The number of hydrogen-bond donors (Lipinski definition) is 0. The second-order valence-electron chi connectivity index (χ2n) is 8.92. The molecule has 0 bridgehead atoms. The Balaban J connectivity index is 0.000000248. The first-order chi connectivity index (χ1) is 22.2. The third-order valence-electron chi connectivity index (χ3n) is 5.68. The van der Waals surface area contributed by atoms with Gasteiger partial charge >= 0.3 is 21.7 Å². The molecular weight excluding hydrogens is 687 g/mol. The van der Waals surface area contributed by atoms with E-state index in [2.05, 4.69) is 24.3 Å². The maximum absolute atomic E-state index is 13.4. The Hall–Kier alpha value is -4.21. The van der Waals surface area contributed by atoms with E-state index in [1.165, 1.54) is 0 Å². The topological polar surface area (TPSA) is 40.6 Å². The van der Waals surface area contributed by atoms with E-state index in [9.17, 15) is 27.2 Å². The first kappa shape index (κ1) is 39.0. The number of amides is 2. The van der Waals surface area contributed by atoms with Crippen LogP contribution < -0.4 is 8.84 Å². The Morgan fingerprint density at radius 2 is 0.936 bits per heavy atom. The third kappa shape index (κ3) is 12.8. The molecule has 0 heterocycles. The number of halogens is 6. The summed E-state index contributed by atoms with van der Waals surface area (Å²) >= 11 is 11.5. The van der Waals surface area contributed by atoms with Crippen molar-refractivity contribution >= 4 is 46.7 Å². The van der Waals surface area contributed by atoms with Crippen molar-refractivity contribution in [2.75, 3.05) is 8.84 Å². The van der Waals surface area contributed by atoms with Gasteiger partial charge in [0.1, 0.15) is 0 Å². The molecule has 4 aromatic carbocycles. The Kier molecular flexibility index (Phi) is 17.3. The van der Waals surface area contributed by atoms with Crippen LogP contribution in [0.2, 0.25) is 0 Å². The summed E-state index contributed by atoms with van der Waals surface area (Å²) in [5.41, 5.74) is 0.117. The molecule has 6 rings (SSSR count). The standard InChI is InChI=1S/2C13H7ClF2NO.2C5H5.Ti/c2*14-17(12-7-6-10(15)8-11(12)16)13(18)9-4-2-1-3-5-9;2*1-2-4-5-3-1;/h2*1-7H;2*1-3H,4H2;/q4*-1;+4. The second-order valence-corrected chi connectivity index (χ2v) is 9.60. The zero-order chi connectivity index (χ0) is 33.3. The van der Waals surface area contributed by atoms with Gasteiger partial charge in [0.15, 0.2) is 0 Å². The number of carbonyl (C=O) groups is 2. The zero-order valence-electron chi connectivity index (χ0n) is 24.4. The molecule has 0 N–H and O–H groups in total. The smallest absolute Gasteiger partial charge is 0.273 e. The third-order valence-corrected chi connectivity index (χ3v) is 6.35. The Morgan fingerprint density at radius 3 is 1.19 bits per heavy atom. The second kappa shape index (κ2) is 20.8. The van der Waals surface area contributed by atoms with Gasteiger partial charge in [-0.2, -0.15) is 12.2 Å². The van der Waals surface area contributed by atoms with Crippen LogP contribution in [0.5, 0.6) is 0 Å². The van der Waals surface area contributed by atoms with Crippen molar-refractivity contribution in [1.29, 1.82) is 0 Å². The van der Waals surface area contributed by atoms with Crippen LogP contribution in [-0.4, -0.2) is 11.8 Å². The van der Waals surface area contributed by atoms with Crippen molar-refractivity contribution < 1.29 is 48.9 Å². The maximum Gasteiger partial charge on any atom is 4.00 e. The van der Waals surface area contributed by atoms with Gasteiger partial charge in [-0.3, -0.25) is 30.6 Å². The van der Waals surface area contributed by atoms with Crippen LogP contribution in [-0.2, 0) is 21.7 Å². The van der Waals surface area contributed by atoms with Gasteiger partial charge in [0, 0.05) is 57.9 Å². The van der Waals surface area contributed by atoms with E-state index < -0.39 is 35.1 Å². The van der Waals surface area contributed by atoms with Gasteiger partial charge in [0.25, 0.3) is 11.8 Å². The quantitative estimate of drug-likeness (QED) is 0.0916. The van der Waals surface area contributed by atoms with Gasteiger partial charge in [-0.15, -0.1) is 49.2 Å². The Morgan fingerprint density at radius 1 is 0.574 bits per heavy atom. The number of anilines is 2. The van der Waals surface area contributed by atoms with Crippen molar-refractivity contribution in [2.45, 2.75) is 12.8 Å². The predicted molar refractivity (Wildman–Crippen MR) is 172 cm³/mol. The summed E-state index contributed by atoms with van der Waals surface area (Å²) in [5.74, 6) is -4.95. The molecule has 236 valence electrons. The molecule has 0 fully saturated rings. The van der Waals surface area contributed by atoms with E-state index in [-0.39, 0.29) is 33.1 Å². The molecule has 2 amide bonds. The number of nitrogens with zero attached hydrogens (tertiary/aromatic N) is 2. The molecule has 2 aliphatic rings. The van der Waals surface area contributed by atoms with Crippen LogP contribution in [0.15, 0.2) is 121 Å². The van der Waals surface area contributed by atoms with E-state index >= 15 is 0 Å². The average molecular weight is 711 g/mol. The summed E-state index contributed by atoms with van der Waals surface area (Å²) in [7, 11) is 0. The summed E-state index contributed by atoms with van der Waals surface area (Å²) in [4.78, 5) is 23.8. The first-order valence-corrected chi connectivity index (χ1v) is 14.1. The van der Waals surface area contributed by atoms with E-state index in [1.807, 2.05) is 36.4 Å². The average Bonchev–Trinajstić information content (AvgIpc) is 3.85. The molecule has 0 spiro atoms. The van der Waals surface area contributed by atoms with Crippen molar-refractivity contribution in [2.24, 2.45) is 0 Å². The molecule has 2 aliphatic carbocycles. The van der Waals surface area contributed by atoms with Crippen molar-refractivity contribution in [3.05, 3.63) is 180 Å². The number of rotatable bonds is 4. The van der Waals surface area contributed by atoms with Gasteiger partial charge in [0.05, 0.1) is 0 Å². The monoisotopic (exact) mass is 710 g/mol. The molecule has 4 nitrogen and oxygen atoms in total. The molecule has 0 aromatic heterocycles. The fraction of sp³-hybridized carbons (Fsp3) is 0.0556. The molecule has 4 aromatic rings. The summed E-state index contributed by atoms with van der Waals surface area (Å²) in [6, 6.07) is 24.0. The molecule has 0 aliphatic heterocycles. The van der Waals surface area contributed by atoms with Crippen LogP contribution >= 0.6 is 23.6 Å². The summed E-state index contributed by atoms with van der Waals surface area (Å²) < 4.78 is 53.4. The van der Waals surface area contributed by atoms with Gasteiger partial charge in [-0.05, 0) is 35.6 Å². The van der Waals surface area contributed by atoms with Crippen LogP contribution in [0, 0.1) is 47.6 Å². The van der Waals surface area contributed by atoms with Gasteiger partial charge in [-0.25, -0.2) is 41.9 Å². The van der Waals surface area contributed by atoms with Crippen LogP contribution in [0.1, 0.15) is 33.6 Å². The fourth-order valence-corrected chi connectivity index (χ4v) is 3.92. The largest absolute Gasteiger partial charge is 4.00 e. The Labute approximate surface area is 296 Å². The van der Waals surface area contributed by atoms with Gasteiger partial charge in [-0.1, -0.05) is 36.4 Å². The van der Waals surface area contributed by atoms with E-state index in [0.29, 0.717) is 20.0 Å². The fourth-order valence-electron chi connectivity index (χ4n) is 3.46. The minimum absolute atomic E-state index is 0. The normalized spacial score (nSPS) is 11.5. The number of carbonyl (C=O) groups excluding carboxylic acids is 2. The van der Waals surface area contributed by atoms with Crippen molar-refractivity contribution in [1.82, 2.24) is 0 Å². The molecule has 0 unspecified atom stereocenters. The molecule has 11 heteroatoms. The van der Waals surface area contributed by atoms with E-state index in [0.717, 1.165) is 37.1 Å². The number of allylic oxidation sites excluding steroid dienone is 8. The Bertz CT molecular complexity index is 1570. The molecule has 0 saturated carbocycles. The predicted octanol–water partition coefficient (Wildman–Crippen LogP) is 9.74. The summed E-state index contributed by atoms with van der Waals surface area (Å²) in [6.07, 6.45) is 20.0. The van der Waals surface area contributed by atoms with Crippen LogP contribution in [0.4, 0.5) is 28.9 Å². The van der Waals surface area contributed by atoms with Gasteiger partial charge < -0.3 is 0 Å². The summed E-state index contributed by atoms with van der Waals surface area (Å²) in [5, 5.41) is 0. The minimum Gasteiger partial charge on any atom is -0.273 e. The number of benzene rings is 4. The van der Waals surface area contributed by atoms with E-state index in [4.69, 9.17) is 23.6 Å². The first-order valence-electron chi connectivity index (χ1n) is 13.5.